The highest BCUT2D eigenvalue weighted by Gasteiger charge is 1.99. The SMILES string of the molecule is Cc1cnccc1CNc1ccnc(N)n1. The zero-order chi connectivity index (χ0) is 11.4. The molecule has 0 saturated carbocycles. The first-order valence-electron chi connectivity index (χ1n) is 4.97. The first kappa shape index (κ1) is 10.4. The number of aryl methyl sites for hydroxylation is 1. The van der Waals surface area contributed by atoms with Gasteiger partial charge in [-0.05, 0) is 30.2 Å². The maximum Gasteiger partial charge on any atom is 0.221 e. The van der Waals surface area contributed by atoms with Crippen molar-refractivity contribution < 1.29 is 0 Å². The van der Waals surface area contributed by atoms with Crippen molar-refractivity contribution in [3.05, 3.63) is 41.9 Å². The molecule has 2 rings (SSSR count). The zero-order valence-electron chi connectivity index (χ0n) is 9.01. The van der Waals surface area contributed by atoms with Crippen LogP contribution >= 0.6 is 0 Å². The highest BCUT2D eigenvalue weighted by atomic mass is 15.1. The Balaban J connectivity index is 2.05. The molecule has 0 radical (unpaired) electrons. The highest BCUT2D eigenvalue weighted by molar-refractivity contribution is 5.38. The summed E-state index contributed by atoms with van der Waals surface area (Å²) in [5.41, 5.74) is 7.82. The van der Waals surface area contributed by atoms with Crippen molar-refractivity contribution in [1.82, 2.24) is 15.0 Å². The third-order valence-electron chi connectivity index (χ3n) is 2.27. The number of hydrogen-bond acceptors (Lipinski definition) is 5. The first-order valence-corrected chi connectivity index (χ1v) is 4.97. The van der Waals surface area contributed by atoms with Crippen LogP contribution < -0.4 is 11.1 Å². The van der Waals surface area contributed by atoms with Crippen molar-refractivity contribution in [2.45, 2.75) is 13.5 Å². The van der Waals surface area contributed by atoms with E-state index in [0.29, 0.717) is 6.54 Å². The van der Waals surface area contributed by atoms with Crippen LogP contribution in [0.15, 0.2) is 30.7 Å². The molecule has 0 spiro atoms. The lowest BCUT2D eigenvalue weighted by Crippen LogP contribution is -2.05. The predicted molar refractivity (Wildman–Crippen MR) is 62.7 cm³/mol. The zero-order valence-corrected chi connectivity index (χ0v) is 9.01. The van der Waals surface area contributed by atoms with E-state index in [0.717, 1.165) is 11.4 Å². The molecule has 0 amide bonds. The number of aromatic nitrogens is 3. The Kier molecular flexibility index (Phi) is 2.95. The minimum Gasteiger partial charge on any atom is -0.368 e. The van der Waals surface area contributed by atoms with Gasteiger partial charge in [-0.2, -0.15) is 4.98 Å². The van der Waals surface area contributed by atoms with Gasteiger partial charge in [-0.15, -0.1) is 0 Å². The molecule has 0 bridgehead atoms. The largest absolute Gasteiger partial charge is 0.368 e. The number of hydrogen-bond donors (Lipinski definition) is 2. The third kappa shape index (κ3) is 2.44. The van der Waals surface area contributed by atoms with Gasteiger partial charge in [0.1, 0.15) is 5.82 Å². The number of nitrogen functional groups attached to an aromatic ring is 1. The number of pyridine rings is 1. The maximum atomic E-state index is 5.49. The van der Waals surface area contributed by atoms with Crippen LogP contribution in [0.3, 0.4) is 0 Å². The van der Waals surface area contributed by atoms with Crippen molar-refractivity contribution in [3.8, 4) is 0 Å². The van der Waals surface area contributed by atoms with Crippen LogP contribution in [0.1, 0.15) is 11.1 Å². The Bertz CT molecular complexity index is 483. The van der Waals surface area contributed by atoms with Gasteiger partial charge in [-0.3, -0.25) is 4.98 Å². The van der Waals surface area contributed by atoms with E-state index in [1.807, 2.05) is 19.2 Å². The number of rotatable bonds is 3. The summed E-state index contributed by atoms with van der Waals surface area (Å²) in [6, 6.07) is 3.76. The lowest BCUT2D eigenvalue weighted by Gasteiger charge is -2.07. The van der Waals surface area contributed by atoms with Crippen LogP contribution in [0.4, 0.5) is 11.8 Å². The van der Waals surface area contributed by atoms with Gasteiger partial charge in [0.25, 0.3) is 0 Å². The molecule has 5 nitrogen and oxygen atoms in total. The van der Waals surface area contributed by atoms with Gasteiger partial charge in [0.2, 0.25) is 5.95 Å². The lowest BCUT2D eigenvalue weighted by molar-refractivity contribution is 1.06. The fourth-order valence-corrected chi connectivity index (χ4v) is 1.36. The number of nitrogens with zero attached hydrogens (tertiary/aromatic N) is 3. The second-order valence-electron chi connectivity index (χ2n) is 3.46. The van der Waals surface area contributed by atoms with Crippen LogP contribution in [-0.4, -0.2) is 15.0 Å². The molecule has 0 aliphatic rings. The molecule has 3 N–H and O–H groups in total. The number of nitrogens with two attached hydrogens (primary N) is 1. The minimum absolute atomic E-state index is 0.274. The average Bonchev–Trinajstić information content (AvgIpc) is 2.28. The summed E-state index contributed by atoms with van der Waals surface area (Å²) in [5.74, 6) is 1.00. The number of anilines is 2. The van der Waals surface area contributed by atoms with Gasteiger partial charge in [0.15, 0.2) is 0 Å². The van der Waals surface area contributed by atoms with E-state index >= 15 is 0 Å². The number of nitrogens with one attached hydrogen (secondary N) is 1. The van der Waals surface area contributed by atoms with Crippen LogP contribution in [0.2, 0.25) is 0 Å². The van der Waals surface area contributed by atoms with E-state index in [-0.39, 0.29) is 5.95 Å². The Morgan fingerprint density at radius 3 is 2.94 bits per heavy atom. The molecule has 2 aromatic heterocycles. The van der Waals surface area contributed by atoms with E-state index in [1.54, 1.807) is 18.5 Å². The van der Waals surface area contributed by atoms with Crippen molar-refractivity contribution in [2.24, 2.45) is 0 Å². The minimum atomic E-state index is 0.274. The lowest BCUT2D eigenvalue weighted by atomic mass is 10.1. The van der Waals surface area contributed by atoms with E-state index in [9.17, 15) is 0 Å². The molecule has 0 fully saturated rings. The van der Waals surface area contributed by atoms with Crippen molar-refractivity contribution in [2.75, 3.05) is 11.1 Å². The van der Waals surface area contributed by atoms with Gasteiger partial charge in [0, 0.05) is 25.1 Å². The molecular formula is C11H13N5. The molecule has 2 heterocycles. The van der Waals surface area contributed by atoms with Gasteiger partial charge in [-0.25, -0.2) is 4.98 Å². The molecule has 0 unspecified atom stereocenters. The molecule has 16 heavy (non-hydrogen) atoms. The summed E-state index contributed by atoms with van der Waals surface area (Å²) < 4.78 is 0. The fourth-order valence-electron chi connectivity index (χ4n) is 1.36. The summed E-state index contributed by atoms with van der Waals surface area (Å²) in [6.45, 7) is 2.73. The van der Waals surface area contributed by atoms with Crippen molar-refractivity contribution >= 4 is 11.8 Å². The molecule has 5 heteroatoms. The van der Waals surface area contributed by atoms with E-state index in [1.165, 1.54) is 5.56 Å². The molecule has 0 aliphatic carbocycles. The van der Waals surface area contributed by atoms with Gasteiger partial charge < -0.3 is 11.1 Å². The highest BCUT2D eigenvalue weighted by Crippen LogP contribution is 2.09. The van der Waals surface area contributed by atoms with Gasteiger partial charge in [-0.1, -0.05) is 0 Å². The second kappa shape index (κ2) is 4.57. The monoisotopic (exact) mass is 215 g/mol. The van der Waals surface area contributed by atoms with Crippen LogP contribution in [0.25, 0.3) is 0 Å². The molecule has 0 atom stereocenters. The Hall–Kier alpha value is -2.17. The fraction of sp³-hybridized carbons (Fsp3) is 0.182. The van der Waals surface area contributed by atoms with Gasteiger partial charge in [0.05, 0.1) is 0 Å². The first-order chi connectivity index (χ1) is 7.75. The van der Waals surface area contributed by atoms with Crippen LogP contribution in [0, 0.1) is 6.92 Å². The predicted octanol–water partition coefficient (Wildman–Crippen LogP) is 1.37. The second-order valence-corrected chi connectivity index (χ2v) is 3.46. The third-order valence-corrected chi connectivity index (χ3v) is 2.27. The van der Waals surface area contributed by atoms with Crippen molar-refractivity contribution in [3.63, 3.8) is 0 Å². The summed E-state index contributed by atoms with van der Waals surface area (Å²) in [6.07, 6.45) is 5.24. The van der Waals surface area contributed by atoms with E-state index in [2.05, 4.69) is 20.3 Å². The van der Waals surface area contributed by atoms with E-state index < -0.39 is 0 Å². The Labute approximate surface area is 93.8 Å². The quantitative estimate of drug-likeness (QED) is 0.808. The molecular weight excluding hydrogens is 202 g/mol. The normalized spacial score (nSPS) is 10.1. The van der Waals surface area contributed by atoms with Crippen molar-refractivity contribution in [1.29, 1.82) is 0 Å². The Morgan fingerprint density at radius 2 is 2.19 bits per heavy atom. The molecule has 0 aliphatic heterocycles. The molecule has 2 aromatic rings. The maximum absolute atomic E-state index is 5.49. The van der Waals surface area contributed by atoms with Crippen LogP contribution in [0.5, 0.6) is 0 Å². The smallest absolute Gasteiger partial charge is 0.221 e. The average molecular weight is 215 g/mol. The summed E-state index contributed by atoms with van der Waals surface area (Å²) in [5, 5.41) is 3.18. The molecule has 82 valence electrons. The summed E-state index contributed by atoms with van der Waals surface area (Å²) >= 11 is 0. The summed E-state index contributed by atoms with van der Waals surface area (Å²) in [4.78, 5) is 11.9. The topological polar surface area (TPSA) is 76.7 Å². The standard InChI is InChI=1S/C11H13N5/c1-8-6-13-4-2-9(8)7-15-10-3-5-14-11(12)16-10/h2-6H,7H2,1H3,(H3,12,14,15,16). The summed E-state index contributed by atoms with van der Waals surface area (Å²) in [7, 11) is 0. The van der Waals surface area contributed by atoms with Gasteiger partial charge >= 0.3 is 0 Å². The van der Waals surface area contributed by atoms with Crippen LogP contribution in [-0.2, 0) is 6.54 Å². The van der Waals surface area contributed by atoms with E-state index in [4.69, 9.17) is 5.73 Å². The molecule has 0 aromatic carbocycles. The Morgan fingerprint density at radius 1 is 1.31 bits per heavy atom. The molecule has 0 saturated heterocycles.